The molecule has 1 aromatic heterocycles. The number of primary amides is 1. The topological polar surface area (TPSA) is 77.1 Å². The SMILES string of the molecule is CCn1cc(Br)cc1C(=O)NCC(C)(C)C(N)=O. The van der Waals surface area contributed by atoms with Gasteiger partial charge in [0, 0.05) is 23.8 Å². The molecular weight excluding hydrogens is 298 g/mol. The molecule has 18 heavy (non-hydrogen) atoms. The molecule has 100 valence electrons. The largest absolute Gasteiger partial charge is 0.369 e. The van der Waals surface area contributed by atoms with Gasteiger partial charge in [-0.05, 0) is 42.8 Å². The molecule has 2 amide bonds. The highest BCUT2D eigenvalue weighted by atomic mass is 79.9. The predicted molar refractivity (Wildman–Crippen MR) is 73.1 cm³/mol. The van der Waals surface area contributed by atoms with Gasteiger partial charge >= 0.3 is 0 Å². The lowest BCUT2D eigenvalue weighted by Gasteiger charge is -2.20. The van der Waals surface area contributed by atoms with Crippen LogP contribution in [-0.2, 0) is 11.3 Å². The summed E-state index contributed by atoms with van der Waals surface area (Å²) >= 11 is 3.33. The number of carbonyl (C=O) groups excluding carboxylic acids is 2. The van der Waals surface area contributed by atoms with E-state index in [1.165, 1.54) is 0 Å². The average Bonchev–Trinajstić information content (AvgIpc) is 2.67. The van der Waals surface area contributed by atoms with Crippen LogP contribution in [0, 0.1) is 5.41 Å². The standard InChI is InChI=1S/C12H18BrN3O2/c1-4-16-6-8(13)5-9(16)10(17)15-7-12(2,3)11(14)18/h5-6H,4,7H2,1-3H3,(H2,14,18)(H,15,17). The van der Waals surface area contributed by atoms with Crippen LogP contribution < -0.4 is 11.1 Å². The van der Waals surface area contributed by atoms with Crippen molar-refractivity contribution in [2.45, 2.75) is 27.3 Å². The van der Waals surface area contributed by atoms with E-state index in [4.69, 9.17) is 5.73 Å². The van der Waals surface area contributed by atoms with Crippen LogP contribution in [0.25, 0.3) is 0 Å². The number of carbonyl (C=O) groups is 2. The Balaban J connectivity index is 2.74. The maximum Gasteiger partial charge on any atom is 0.267 e. The van der Waals surface area contributed by atoms with Crippen LogP contribution >= 0.6 is 15.9 Å². The molecule has 0 radical (unpaired) electrons. The van der Waals surface area contributed by atoms with Crippen molar-refractivity contribution < 1.29 is 9.59 Å². The Kier molecular flexibility index (Phi) is 4.56. The van der Waals surface area contributed by atoms with E-state index in [1.807, 2.05) is 17.7 Å². The molecule has 0 spiro atoms. The number of hydrogen-bond acceptors (Lipinski definition) is 2. The first kappa shape index (κ1) is 14.8. The summed E-state index contributed by atoms with van der Waals surface area (Å²) in [5.74, 6) is -0.647. The summed E-state index contributed by atoms with van der Waals surface area (Å²) < 4.78 is 2.68. The second-order valence-corrected chi connectivity index (χ2v) is 5.68. The van der Waals surface area contributed by atoms with Crippen molar-refractivity contribution >= 4 is 27.7 Å². The monoisotopic (exact) mass is 315 g/mol. The highest BCUT2D eigenvalue weighted by Crippen LogP contribution is 2.16. The first-order chi connectivity index (χ1) is 8.27. The smallest absolute Gasteiger partial charge is 0.267 e. The minimum atomic E-state index is -0.753. The van der Waals surface area contributed by atoms with Gasteiger partial charge in [0.25, 0.3) is 5.91 Å². The summed E-state index contributed by atoms with van der Waals surface area (Å²) in [6.45, 7) is 6.27. The Morgan fingerprint density at radius 2 is 2.11 bits per heavy atom. The van der Waals surface area contributed by atoms with E-state index in [9.17, 15) is 9.59 Å². The lowest BCUT2D eigenvalue weighted by atomic mass is 9.93. The second kappa shape index (κ2) is 5.56. The molecule has 0 unspecified atom stereocenters. The van der Waals surface area contributed by atoms with Gasteiger partial charge in [-0.25, -0.2) is 0 Å². The Hall–Kier alpha value is -1.30. The average molecular weight is 316 g/mol. The van der Waals surface area contributed by atoms with Gasteiger partial charge in [0.05, 0.1) is 5.41 Å². The Bertz CT molecular complexity index is 466. The molecule has 0 aromatic carbocycles. The maximum atomic E-state index is 12.0. The number of rotatable bonds is 5. The van der Waals surface area contributed by atoms with Crippen molar-refractivity contribution in [3.63, 3.8) is 0 Å². The van der Waals surface area contributed by atoms with Gasteiger partial charge in [0.1, 0.15) is 5.69 Å². The Morgan fingerprint density at radius 1 is 1.50 bits per heavy atom. The molecule has 0 bridgehead atoms. The molecule has 6 heteroatoms. The van der Waals surface area contributed by atoms with Gasteiger partial charge in [-0.15, -0.1) is 0 Å². The van der Waals surface area contributed by atoms with Gasteiger partial charge in [0.15, 0.2) is 0 Å². The summed E-state index contributed by atoms with van der Waals surface area (Å²) in [5.41, 5.74) is 5.06. The first-order valence-electron chi connectivity index (χ1n) is 5.71. The molecule has 0 saturated heterocycles. The van der Waals surface area contributed by atoms with Crippen molar-refractivity contribution in [3.05, 3.63) is 22.4 Å². The molecular formula is C12H18BrN3O2. The van der Waals surface area contributed by atoms with Crippen LogP contribution in [0.15, 0.2) is 16.7 Å². The van der Waals surface area contributed by atoms with E-state index in [0.717, 1.165) is 4.47 Å². The fourth-order valence-electron chi connectivity index (χ4n) is 1.41. The molecule has 1 aromatic rings. The molecule has 1 heterocycles. The van der Waals surface area contributed by atoms with Crippen LogP contribution in [-0.4, -0.2) is 22.9 Å². The second-order valence-electron chi connectivity index (χ2n) is 4.76. The summed E-state index contributed by atoms with van der Waals surface area (Å²) in [6.07, 6.45) is 1.84. The molecule has 0 saturated carbocycles. The van der Waals surface area contributed by atoms with E-state index in [0.29, 0.717) is 12.2 Å². The zero-order valence-electron chi connectivity index (χ0n) is 10.8. The van der Waals surface area contributed by atoms with Gasteiger partial charge in [-0.1, -0.05) is 0 Å². The Labute approximate surface area is 115 Å². The van der Waals surface area contributed by atoms with E-state index in [-0.39, 0.29) is 12.5 Å². The quantitative estimate of drug-likeness (QED) is 0.864. The van der Waals surface area contributed by atoms with Crippen molar-refractivity contribution in [2.75, 3.05) is 6.54 Å². The van der Waals surface area contributed by atoms with Gasteiger partial charge in [0.2, 0.25) is 5.91 Å². The highest BCUT2D eigenvalue weighted by molar-refractivity contribution is 9.10. The lowest BCUT2D eigenvalue weighted by Crippen LogP contribution is -2.42. The van der Waals surface area contributed by atoms with Crippen molar-refractivity contribution in [2.24, 2.45) is 11.1 Å². The number of hydrogen-bond donors (Lipinski definition) is 2. The maximum absolute atomic E-state index is 12.0. The summed E-state index contributed by atoms with van der Waals surface area (Å²) in [5, 5.41) is 2.73. The Morgan fingerprint density at radius 3 is 2.61 bits per heavy atom. The fraction of sp³-hybridized carbons (Fsp3) is 0.500. The van der Waals surface area contributed by atoms with Crippen molar-refractivity contribution in [1.29, 1.82) is 0 Å². The molecule has 0 aliphatic rings. The molecule has 0 aliphatic carbocycles. The number of aryl methyl sites for hydroxylation is 1. The number of nitrogens with zero attached hydrogens (tertiary/aromatic N) is 1. The minimum Gasteiger partial charge on any atom is -0.369 e. The van der Waals surface area contributed by atoms with Gasteiger partial charge in [-0.2, -0.15) is 0 Å². The summed E-state index contributed by atoms with van der Waals surface area (Å²) in [4.78, 5) is 23.2. The van der Waals surface area contributed by atoms with E-state index in [2.05, 4.69) is 21.2 Å². The van der Waals surface area contributed by atoms with Crippen molar-refractivity contribution in [1.82, 2.24) is 9.88 Å². The minimum absolute atomic E-state index is 0.211. The number of amides is 2. The van der Waals surface area contributed by atoms with Crippen LogP contribution in [0.1, 0.15) is 31.3 Å². The summed E-state index contributed by atoms with van der Waals surface area (Å²) in [7, 11) is 0. The number of nitrogens with two attached hydrogens (primary N) is 1. The van der Waals surface area contributed by atoms with Crippen LogP contribution in [0.4, 0.5) is 0 Å². The zero-order valence-corrected chi connectivity index (χ0v) is 12.4. The molecule has 0 atom stereocenters. The fourth-order valence-corrected chi connectivity index (χ4v) is 1.87. The number of halogens is 1. The first-order valence-corrected chi connectivity index (χ1v) is 6.51. The third kappa shape index (κ3) is 3.35. The molecule has 0 aliphatic heterocycles. The van der Waals surface area contributed by atoms with E-state index in [1.54, 1.807) is 19.9 Å². The third-order valence-corrected chi connectivity index (χ3v) is 3.23. The van der Waals surface area contributed by atoms with E-state index < -0.39 is 11.3 Å². The van der Waals surface area contributed by atoms with E-state index >= 15 is 0 Å². The van der Waals surface area contributed by atoms with Crippen LogP contribution in [0.2, 0.25) is 0 Å². The molecule has 0 fully saturated rings. The van der Waals surface area contributed by atoms with Crippen LogP contribution in [0.5, 0.6) is 0 Å². The van der Waals surface area contributed by atoms with Gasteiger partial charge < -0.3 is 15.6 Å². The third-order valence-electron chi connectivity index (χ3n) is 2.79. The van der Waals surface area contributed by atoms with Crippen LogP contribution in [0.3, 0.4) is 0 Å². The van der Waals surface area contributed by atoms with Gasteiger partial charge in [-0.3, -0.25) is 9.59 Å². The molecule has 1 rings (SSSR count). The van der Waals surface area contributed by atoms with Crippen molar-refractivity contribution in [3.8, 4) is 0 Å². The number of nitrogens with one attached hydrogen (secondary N) is 1. The molecule has 5 nitrogen and oxygen atoms in total. The highest BCUT2D eigenvalue weighted by Gasteiger charge is 2.26. The lowest BCUT2D eigenvalue weighted by molar-refractivity contribution is -0.125. The normalized spacial score (nSPS) is 11.3. The molecule has 3 N–H and O–H groups in total. The number of aromatic nitrogens is 1. The predicted octanol–water partition coefficient (Wildman–Crippen LogP) is 1.51. The zero-order chi connectivity index (χ0) is 13.9. The summed E-state index contributed by atoms with van der Waals surface area (Å²) in [6, 6.07) is 1.75.